The minimum absolute atomic E-state index is 0.246. The maximum Gasteiger partial charge on any atom is 0.320 e. The molecule has 2 atom stereocenters. The maximum absolute atomic E-state index is 11.0. The molecule has 0 heterocycles. The summed E-state index contributed by atoms with van der Waals surface area (Å²) in [5.41, 5.74) is 5.20. The molecule has 0 fully saturated rings. The second kappa shape index (κ2) is 5.91. The molecule has 5 heteroatoms. The highest BCUT2D eigenvalue weighted by molar-refractivity contribution is 7.85. The first-order valence-corrected chi connectivity index (χ1v) is 5.01. The van der Waals surface area contributed by atoms with E-state index in [4.69, 9.17) is 10.8 Å². The van der Waals surface area contributed by atoms with Crippen LogP contribution in [0.2, 0.25) is 0 Å². The molecule has 12 heavy (non-hydrogen) atoms. The van der Waals surface area contributed by atoms with Crippen LogP contribution in [0.1, 0.15) is 6.42 Å². The number of aliphatic carboxylic acids is 1. The highest BCUT2D eigenvalue weighted by atomic mass is 32.2. The Hall–Kier alpha value is -0.680. The van der Waals surface area contributed by atoms with E-state index in [2.05, 4.69) is 6.58 Å². The van der Waals surface area contributed by atoms with Gasteiger partial charge in [-0.1, -0.05) is 6.08 Å². The summed E-state index contributed by atoms with van der Waals surface area (Å²) in [6.07, 6.45) is 1.79. The van der Waals surface area contributed by atoms with Crippen LogP contribution in [0.3, 0.4) is 0 Å². The Labute approximate surface area is 73.9 Å². The first-order chi connectivity index (χ1) is 5.57. The van der Waals surface area contributed by atoms with Gasteiger partial charge >= 0.3 is 5.97 Å². The summed E-state index contributed by atoms with van der Waals surface area (Å²) in [7, 11) is -1.02. The van der Waals surface area contributed by atoms with E-state index in [9.17, 15) is 9.00 Å². The van der Waals surface area contributed by atoms with Crippen LogP contribution in [0.4, 0.5) is 0 Å². The molecule has 2 unspecified atom stereocenters. The van der Waals surface area contributed by atoms with Crippen LogP contribution in [0.25, 0.3) is 0 Å². The number of carboxylic acid groups (broad SMARTS) is 1. The monoisotopic (exact) mass is 191 g/mol. The van der Waals surface area contributed by atoms with Gasteiger partial charge in [-0.25, -0.2) is 0 Å². The quantitative estimate of drug-likeness (QED) is 0.566. The third kappa shape index (κ3) is 5.03. The Morgan fingerprint density at radius 3 is 2.75 bits per heavy atom. The van der Waals surface area contributed by atoms with Crippen LogP contribution in [0.15, 0.2) is 12.7 Å². The Balaban J connectivity index is 3.60. The minimum atomic E-state index is -1.05. The van der Waals surface area contributed by atoms with Crippen LogP contribution in [0.5, 0.6) is 0 Å². The Morgan fingerprint density at radius 1 is 1.75 bits per heavy atom. The van der Waals surface area contributed by atoms with Gasteiger partial charge in [0.1, 0.15) is 6.04 Å². The zero-order valence-corrected chi connectivity index (χ0v) is 7.55. The van der Waals surface area contributed by atoms with Crippen LogP contribution < -0.4 is 5.73 Å². The van der Waals surface area contributed by atoms with E-state index >= 15 is 0 Å². The van der Waals surface area contributed by atoms with Gasteiger partial charge in [-0.05, 0) is 6.42 Å². The zero-order chi connectivity index (χ0) is 9.56. The number of hydrogen-bond donors (Lipinski definition) is 2. The van der Waals surface area contributed by atoms with E-state index in [0.29, 0.717) is 11.5 Å². The van der Waals surface area contributed by atoms with E-state index in [0.717, 1.165) is 0 Å². The molecule has 0 aliphatic carbocycles. The van der Waals surface area contributed by atoms with Crippen molar-refractivity contribution < 1.29 is 14.1 Å². The fourth-order valence-corrected chi connectivity index (χ4v) is 1.54. The van der Waals surface area contributed by atoms with Crippen molar-refractivity contribution in [3.05, 3.63) is 12.7 Å². The number of carboxylic acids is 1. The highest BCUT2D eigenvalue weighted by Gasteiger charge is 2.11. The summed E-state index contributed by atoms with van der Waals surface area (Å²) < 4.78 is 11.0. The molecule has 3 N–H and O–H groups in total. The molecule has 0 aromatic carbocycles. The Kier molecular flexibility index (Phi) is 5.57. The molecule has 0 aromatic rings. The number of nitrogens with two attached hydrogens (primary N) is 1. The number of carbonyl (C=O) groups is 1. The van der Waals surface area contributed by atoms with Gasteiger partial charge in [0.15, 0.2) is 0 Å². The SMILES string of the molecule is C=CCS(=O)CCC(N)C(=O)O. The molecule has 0 saturated carbocycles. The van der Waals surface area contributed by atoms with Gasteiger partial charge < -0.3 is 10.8 Å². The van der Waals surface area contributed by atoms with Crippen molar-refractivity contribution in [2.45, 2.75) is 12.5 Å². The van der Waals surface area contributed by atoms with Crippen LogP contribution in [0, 0.1) is 0 Å². The van der Waals surface area contributed by atoms with E-state index in [1.165, 1.54) is 0 Å². The van der Waals surface area contributed by atoms with Gasteiger partial charge in [-0.3, -0.25) is 9.00 Å². The van der Waals surface area contributed by atoms with Crippen molar-refractivity contribution in [3.8, 4) is 0 Å². The standard InChI is InChI=1S/C7H13NO3S/c1-2-4-12(11)5-3-6(8)7(9)10/h2,6H,1,3-5,8H2,(H,9,10). The number of rotatable bonds is 6. The topological polar surface area (TPSA) is 80.4 Å². The van der Waals surface area contributed by atoms with Crippen LogP contribution >= 0.6 is 0 Å². The third-order valence-corrected chi connectivity index (χ3v) is 2.58. The molecule has 0 saturated heterocycles. The fraction of sp³-hybridized carbons (Fsp3) is 0.571. The van der Waals surface area contributed by atoms with Crippen molar-refractivity contribution in [2.24, 2.45) is 5.73 Å². The van der Waals surface area contributed by atoms with Crippen molar-refractivity contribution in [1.82, 2.24) is 0 Å². The lowest BCUT2D eigenvalue weighted by Gasteiger charge is -2.04. The first kappa shape index (κ1) is 11.3. The maximum atomic E-state index is 11.0. The average Bonchev–Trinajstić information content (AvgIpc) is 2.00. The Bertz CT molecular complexity index is 193. The van der Waals surface area contributed by atoms with Crippen LogP contribution in [-0.2, 0) is 15.6 Å². The minimum Gasteiger partial charge on any atom is -0.480 e. The smallest absolute Gasteiger partial charge is 0.320 e. The van der Waals surface area contributed by atoms with E-state index in [-0.39, 0.29) is 6.42 Å². The molecular formula is C7H13NO3S. The lowest BCUT2D eigenvalue weighted by atomic mass is 10.2. The second-order valence-electron chi connectivity index (χ2n) is 2.33. The second-order valence-corrected chi connectivity index (χ2v) is 3.95. The lowest BCUT2D eigenvalue weighted by Crippen LogP contribution is -2.31. The predicted molar refractivity (Wildman–Crippen MR) is 48.3 cm³/mol. The summed E-state index contributed by atoms with van der Waals surface area (Å²) in [6.45, 7) is 3.42. The van der Waals surface area contributed by atoms with Crippen molar-refractivity contribution >= 4 is 16.8 Å². The summed E-state index contributed by atoms with van der Waals surface area (Å²) in [5, 5.41) is 8.38. The average molecular weight is 191 g/mol. The zero-order valence-electron chi connectivity index (χ0n) is 6.73. The van der Waals surface area contributed by atoms with Gasteiger partial charge in [-0.2, -0.15) is 0 Å². The number of hydrogen-bond acceptors (Lipinski definition) is 3. The summed E-state index contributed by atoms with van der Waals surface area (Å²) >= 11 is 0. The molecule has 0 amide bonds. The molecular weight excluding hydrogens is 178 g/mol. The van der Waals surface area contributed by atoms with E-state index in [1.807, 2.05) is 0 Å². The molecule has 0 spiro atoms. The van der Waals surface area contributed by atoms with Gasteiger partial charge in [0.2, 0.25) is 0 Å². The summed E-state index contributed by atoms with van der Waals surface area (Å²) in [5.74, 6) is -0.336. The molecule has 0 radical (unpaired) electrons. The molecule has 0 aliphatic rings. The third-order valence-electron chi connectivity index (χ3n) is 1.28. The van der Waals surface area contributed by atoms with Gasteiger partial charge in [0, 0.05) is 22.3 Å². The van der Waals surface area contributed by atoms with E-state index < -0.39 is 22.8 Å². The molecule has 0 rings (SSSR count). The summed E-state index contributed by atoms with van der Waals surface area (Å²) in [6, 6.07) is -0.904. The molecule has 0 bridgehead atoms. The normalized spacial score (nSPS) is 15.1. The molecule has 0 aliphatic heterocycles. The fourth-order valence-electron chi connectivity index (χ4n) is 0.597. The lowest BCUT2D eigenvalue weighted by molar-refractivity contribution is -0.138. The van der Waals surface area contributed by atoms with Crippen molar-refractivity contribution in [1.29, 1.82) is 0 Å². The van der Waals surface area contributed by atoms with Crippen LogP contribution in [-0.4, -0.2) is 32.8 Å². The first-order valence-electron chi connectivity index (χ1n) is 3.52. The Morgan fingerprint density at radius 2 is 2.33 bits per heavy atom. The highest BCUT2D eigenvalue weighted by Crippen LogP contribution is 1.93. The molecule has 70 valence electrons. The summed E-state index contributed by atoms with van der Waals surface area (Å²) in [4.78, 5) is 10.2. The van der Waals surface area contributed by atoms with Crippen molar-refractivity contribution in [3.63, 3.8) is 0 Å². The van der Waals surface area contributed by atoms with Gasteiger partial charge in [0.05, 0.1) is 0 Å². The largest absolute Gasteiger partial charge is 0.480 e. The van der Waals surface area contributed by atoms with E-state index in [1.54, 1.807) is 6.08 Å². The van der Waals surface area contributed by atoms with Gasteiger partial charge in [0.25, 0.3) is 0 Å². The molecule has 4 nitrogen and oxygen atoms in total. The molecule has 0 aromatic heterocycles. The van der Waals surface area contributed by atoms with Gasteiger partial charge in [-0.15, -0.1) is 6.58 Å². The van der Waals surface area contributed by atoms with Crippen molar-refractivity contribution in [2.75, 3.05) is 11.5 Å². The predicted octanol–water partition coefficient (Wildman–Crippen LogP) is -0.277.